The standard InChI is InChI=1S/C28H29ClN8O4.2ClH/c1-35-24(18-4-2-17(13-30)3-5-18)22-23(34-35)26(38)37(16-31-22)15-28(40)8-10-36(11-9-28)14-20-7-6-19(12-21(20)29)25-32-33-27(39)41-25;;/h2-7,12,16,40H,8-11,13-15,30H2,1H3,(H,33,39);2*1H. The number of aryl methyl sites for hydroxylation is 1. The van der Waals surface area contributed by atoms with E-state index in [0.717, 1.165) is 22.4 Å². The molecule has 0 spiro atoms. The van der Waals surface area contributed by atoms with E-state index < -0.39 is 11.4 Å². The molecule has 0 amide bonds. The molecule has 0 radical (unpaired) electrons. The monoisotopic (exact) mass is 648 g/mol. The van der Waals surface area contributed by atoms with Gasteiger partial charge in [0, 0.05) is 49.4 Å². The minimum atomic E-state index is -1.06. The number of nitrogens with zero attached hydrogens (tertiary/aromatic N) is 6. The molecule has 0 saturated carbocycles. The molecule has 0 atom stereocenters. The number of rotatable bonds is 7. The molecule has 3 aromatic heterocycles. The molecule has 6 rings (SSSR count). The van der Waals surface area contributed by atoms with Gasteiger partial charge in [-0.2, -0.15) is 5.10 Å². The first-order valence-corrected chi connectivity index (χ1v) is 13.6. The molecule has 4 heterocycles. The van der Waals surface area contributed by atoms with Crippen molar-refractivity contribution in [3.63, 3.8) is 0 Å². The van der Waals surface area contributed by atoms with E-state index in [0.29, 0.717) is 55.1 Å². The highest BCUT2D eigenvalue weighted by Crippen LogP contribution is 2.29. The van der Waals surface area contributed by atoms with Crippen LogP contribution in [-0.2, 0) is 26.7 Å². The van der Waals surface area contributed by atoms with Gasteiger partial charge in [-0.3, -0.25) is 18.9 Å². The Kier molecular flexibility index (Phi) is 9.79. The van der Waals surface area contributed by atoms with Crippen LogP contribution in [0.4, 0.5) is 0 Å². The summed E-state index contributed by atoms with van der Waals surface area (Å²) in [6.07, 6.45) is 2.45. The molecule has 1 saturated heterocycles. The van der Waals surface area contributed by atoms with Crippen molar-refractivity contribution in [1.82, 2.24) is 34.4 Å². The third-order valence-corrected chi connectivity index (χ3v) is 8.01. The van der Waals surface area contributed by atoms with E-state index in [-0.39, 0.29) is 48.3 Å². The van der Waals surface area contributed by atoms with Crippen LogP contribution in [0.2, 0.25) is 5.02 Å². The average molecular weight is 650 g/mol. The Morgan fingerprint density at radius 1 is 1.07 bits per heavy atom. The molecule has 1 aliphatic rings. The molecule has 0 bridgehead atoms. The van der Waals surface area contributed by atoms with Crippen LogP contribution < -0.4 is 17.0 Å². The van der Waals surface area contributed by atoms with Crippen molar-refractivity contribution >= 4 is 47.4 Å². The zero-order chi connectivity index (χ0) is 28.7. The van der Waals surface area contributed by atoms with Crippen LogP contribution in [0.5, 0.6) is 0 Å². The van der Waals surface area contributed by atoms with Gasteiger partial charge >= 0.3 is 5.76 Å². The van der Waals surface area contributed by atoms with Crippen molar-refractivity contribution in [3.8, 4) is 22.7 Å². The van der Waals surface area contributed by atoms with E-state index >= 15 is 0 Å². The van der Waals surface area contributed by atoms with E-state index in [1.807, 2.05) is 30.3 Å². The number of fused-ring (bicyclic) bond motifs is 1. The lowest BCUT2D eigenvalue weighted by Gasteiger charge is -2.38. The number of piperidine rings is 1. The quantitative estimate of drug-likeness (QED) is 0.241. The summed E-state index contributed by atoms with van der Waals surface area (Å²) >= 11 is 6.51. The van der Waals surface area contributed by atoms with Crippen LogP contribution >= 0.6 is 36.4 Å². The van der Waals surface area contributed by atoms with E-state index in [1.54, 1.807) is 23.9 Å². The summed E-state index contributed by atoms with van der Waals surface area (Å²) in [6, 6.07) is 13.2. The first-order chi connectivity index (χ1) is 19.7. The molecule has 0 aliphatic carbocycles. The number of hydrogen-bond acceptors (Lipinski definition) is 9. The Labute approximate surface area is 263 Å². The van der Waals surface area contributed by atoms with Crippen molar-refractivity contribution in [1.29, 1.82) is 0 Å². The highest BCUT2D eigenvalue weighted by Gasteiger charge is 2.33. The number of H-pyrrole nitrogens is 1. The third-order valence-electron chi connectivity index (χ3n) is 7.66. The SMILES string of the molecule is Cl.Cl.Cn1nc2c(=O)n(CC3(O)CCN(Cc4ccc(-c5n[nH]c(=O)o5)cc4Cl)CC3)cnc2c1-c1ccc(CN)cc1. The molecule has 15 heteroatoms. The third kappa shape index (κ3) is 6.54. The van der Waals surface area contributed by atoms with Gasteiger partial charge in [0.2, 0.25) is 5.89 Å². The second-order valence-corrected chi connectivity index (χ2v) is 10.9. The fourth-order valence-corrected chi connectivity index (χ4v) is 5.58. The maximum atomic E-state index is 13.4. The molecule has 1 aliphatic heterocycles. The minimum absolute atomic E-state index is 0. The predicted octanol–water partition coefficient (Wildman–Crippen LogP) is 3.12. The molecule has 5 aromatic rings. The van der Waals surface area contributed by atoms with Gasteiger partial charge in [0.1, 0.15) is 5.52 Å². The Balaban J connectivity index is 0.00000212. The predicted molar refractivity (Wildman–Crippen MR) is 168 cm³/mol. The number of aromatic nitrogens is 6. The number of likely N-dealkylation sites (tertiary alicyclic amines) is 1. The fourth-order valence-electron chi connectivity index (χ4n) is 5.34. The minimum Gasteiger partial charge on any atom is -0.388 e. The Morgan fingerprint density at radius 2 is 1.77 bits per heavy atom. The van der Waals surface area contributed by atoms with Crippen LogP contribution in [0, 0.1) is 0 Å². The van der Waals surface area contributed by atoms with E-state index in [9.17, 15) is 14.7 Å². The van der Waals surface area contributed by atoms with Gasteiger partial charge in [-0.05, 0) is 36.1 Å². The molecular weight excluding hydrogens is 619 g/mol. The highest BCUT2D eigenvalue weighted by molar-refractivity contribution is 6.31. The summed E-state index contributed by atoms with van der Waals surface area (Å²) < 4.78 is 8.11. The van der Waals surface area contributed by atoms with Gasteiger partial charge in [-0.1, -0.05) is 41.9 Å². The Bertz CT molecular complexity index is 1840. The lowest BCUT2D eigenvalue weighted by molar-refractivity contribution is -0.0364. The molecule has 4 N–H and O–H groups in total. The van der Waals surface area contributed by atoms with E-state index in [2.05, 4.69) is 25.2 Å². The normalized spacial score (nSPS) is 14.8. The van der Waals surface area contributed by atoms with Gasteiger partial charge in [0.05, 0.1) is 24.2 Å². The number of halogens is 3. The molecule has 0 unspecified atom stereocenters. The topological polar surface area (TPSA) is 161 Å². The summed E-state index contributed by atoms with van der Waals surface area (Å²) in [4.78, 5) is 31.4. The Hall–Kier alpha value is -3.52. The van der Waals surface area contributed by atoms with Crippen molar-refractivity contribution in [3.05, 3.63) is 85.8 Å². The summed E-state index contributed by atoms with van der Waals surface area (Å²) in [7, 11) is 1.79. The van der Waals surface area contributed by atoms with Crippen LogP contribution in [-0.4, -0.2) is 58.2 Å². The van der Waals surface area contributed by atoms with Gasteiger partial charge in [-0.15, -0.1) is 29.9 Å². The summed E-state index contributed by atoms with van der Waals surface area (Å²) in [6.45, 7) is 2.42. The van der Waals surface area contributed by atoms with E-state index in [1.165, 1.54) is 10.9 Å². The lowest BCUT2D eigenvalue weighted by atomic mass is 9.91. The maximum Gasteiger partial charge on any atom is 0.434 e. The van der Waals surface area contributed by atoms with Crippen LogP contribution in [0.25, 0.3) is 33.7 Å². The number of nitrogens with two attached hydrogens (primary N) is 1. The van der Waals surface area contributed by atoms with Crippen molar-refractivity contribution < 1.29 is 9.52 Å². The number of aromatic amines is 1. The maximum absolute atomic E-state index is 13.4. The van der Waals surface area contributed by atoms with Crippen LogP contribution in [0.15, 0.2) is 62.8 Å². The van der Waals surface area contributed by atoms with Crippen molar-refractivity contribution in [2.45, 2.75) is 38.1 Å². The molecule has 2 aromatic carbocycles. The Morgan fingerprint density at radius 3 is 2.40 bits per heavy atom. The van der Waals surface area contributed by atoms with Gasteiger partial charge in [0.15, 0.2) is 5.52 Å². The zero-order valence-corrected chi connectivity index (χ0v) is 25.6. The average Bonchev–Trinajstić information content (AvgIpc) is 3.55. The number of aliphatic hydroxyl groups is 1. The van der Waals surface area contributed by atoms with Crippen LogP contribution in [0.3, 0.4) is 0 Å². The summed E-state index contributed by atoms with van der Waals surface area (Å²) in [5.41, 5.74) is 9.33. The summed E-state index contributed by atoms with van der Waals surface area (Å²) in [5.74, 6) is -0.449. The second kappa shape index (κ2) is 13.0. The van der Waals surface area contributed by atoms with Gasteiger partial charge in [-0.25, -0.2) is 14.9 Å². The van der Waals surface area contributed by atoms with Crippen molar-refractivity contribution in [2.75, 3.05) is 13.1 Å². The number of benzene rings is 2. The first-order valence-electron chi connectivity index (χ1n) is 13.2. The van der Waals surface area contributed by atoms with Gasteiger partial charge in [0.25, 0.3) is 5.56 Å². The highest BCUT2D eigenvalue weighted by atomic mass is 35.5. The van der Waals surface area contributed by atoms with Gasteiger partial charge < -0.3 is 15.3 Å². The number of nitrogens with one attached hydrogen (secondary N) is 1. The van der Waals surface area contributed by atoms with Crippen molar-refractivity contribution in [2.24, 2.45) is 12.8 Å². The first kappa shape index (κ1) is 32.4. The fraction of sp³-hybridized carbons (Fsp3) is 0.321. The second-order valence-electron chi connectivity index (χ2n) is 10.5. The number of hydrogen-bond donors (Lipinski definition) is 3. The molecule has 12 nitrogen and oxygen atoms in total. The molecule has 43 heavy (non-hydrogen) atoms. The molecule has 228 valence electrons. The smallest absolute Gasteiger partial charge is 0.388 e. The molecule has 1 fully saturated rings. The molecular formula is C28H31Cl3N8O4. The van der Waals surface area contributed by atoms with Crippen LogP contribution in [0.1, 0.15) is 24.0 Å². The van der Waals surface area contributed by atoms with E-state index in [4.69, 9.17) is 21.8 Å². The zero-order valence-electron chi connectivity index (χ0n) is 23.2. The largest absolute Gasteiger partial charge is 0.434 e. The lowest BCUT2D eigenvalue weighted by Crippen LogP contribution is -2.47. The summed E-state index contributed by atoms with van der Waals surface area (Å²) in [5, 5.41) is 22.5.